The van der Waals surface area contributed by atoms with Crippen LogP contribution in [0.1, 0.15) is 0 Å². The number of primary amides is 2. The predicted molar refractivity (Wildman–Crippen MR) is 83.7 cm³/mol. The molecule has 1 rings (SSSR count). The number of hydroxylamine groups is 2. The number of nitrogens with zero attached hydrogens (tertiary/aromatic N) is 2. The van der Waals surface area contributed by atoms with Crippen LogP contribution >= 0.6 is 0 Å². The Labute approximate surface area is 138 Å². The lowest BCUT2D eigenvalue weighted by Crippen LogP contribution is -2.41. The number of hydrogen-bond acceptors (Lipinski definition) is 8. The second-order valence-electron chi connectivity index (χ2n) is 3.60. The summed E-state index contributed by atoms with van der Waals surface area (Å²) in [7, 11) is 0. The third kappa shape index (κ3) is 17.6. The molecule has 24 heavy (non-hydrogen) atoms. The van der Waals surface area contributed by atoms with E-state index in [1.54, 1.807) is 0 Å². The molecular weight excluding hydrogens is 324 g/mol. The Balaban J connectivity index is 0. The van der Waals surface area contributed by atoms with Crippen LogP contribution < -0.4 is 23.2 Å². The van der Waals surface area contributed by atoms with Crippen molar-refractivity contribution in [2.24, 2.45) is 23.2 Å². The van der Waals surface area contributed by atoms with Crippen LogP contribution in [0.25, 0.3) is 0 Å². The number of aliphatic hydroxyl groups excluding tert-OH is 2. The lowest BCUT2D eigenvalue weighted by molar-refractivity contribution is -0.125. The quantitative estimate of drug-likeness (QED) is 0.192. The normalized spacial score (nSPS) is 8.83. The fourth-order valence-electron chi connectivity index (χ4n) is 0.790. The number of carbonyl (C=O) groups is 2. The summed E-state index contributed by atoms with van der Waals surface area (Å²) in [5.74, 6) is 9.66. The fourth-order valence-corrected chi connectivity index (χ4v) is 0.790. The van der Waals surface area contributed by atoms with Crippen LogP contribution in [0.15, 0.2) is 36.4 Å². The van der Waals surface area contributed by atoms with Gasteiger partial charge in [0, 0.05) is 0 Å². The molecule has 0 aliphatic heterocycles. The maximum atomic E-state index is 10.0. The SMILES string of the molecule is NC(=O)N(N)OCCO.NC(=O)N(N)OCCO.c1ccccc1. The van der Waals surface area contributed by atoms with Gasteiger partial charge in [-0.1, -0.05) is 36.4 Å². The van der Waals surface area contributed by atoms with E-state index >= 15 is 0 Å². The summed E-state index contributed by atoms with van der Waals surface area (Å²) in [6.07, 6.45) is 0. The van der Waals surface area contributed by atoms with Gasteiger partial charge in [0.25, 0.3) is 0 Å². The van der Waals surface area contributed by atoms with Crippen molar-refractivity contribution in [3.63, 3.8) is 0 Å². The largest absolute Gasteiger partial charge is 0.394 e. The van der Waals surface area contributed by atoms with Crippen LogP contribution in [-0.2, 0) is 9.68 Å². The molecule has 0 saturated heterocycles. The Kier molecular flexibility index (Phi) is 16.7. The summed E-state index contributed by atoms with van der Waals surface area (Å²) >= 11 is 0. The molecule has 0 saturated carbocycles. The van der Waals surface area contributed by atoms with Crippen LogP contribution in [0.2, 0.25) is 0 Å². The van der Waals surface area contributed by atoms with Crippen molar-refractivity contribution in [1.82, 2.24) is 10.3 Å². The summed E-state index contributed by atoms with van der Waals surface area (Å²) in [5.41, 5.74) is 9.26. The molecule has 0 unspecified atom stereocenters. The van der Waals surface area contributed by atoms with Crippen LogP contribution in [-0.4, -0.2) is 59.0 Å². The van der Waals surface area contributed by atoms with E-state index in [2.05, 4.69) is 21.1 Å². The molecule has 12 heteroatoms. The second-order valence-corrected chi connectivity index (χ2v) is 3.60. The number of aliphatic hydroxyl groups is 2. The molecule has 0 radical (unpaired) electrons. The Morgan fingerprint density at radius 2 is 1.00 bits per heavy atom. The van der Waals surface area contributed by atoms with Crippen LogP contribution in [0.4, 0.5) is 9.59 Å². The number of benzene rings is 1. The van der Waals surface area contributed by atoms with Gasteiger partial charge in [-0.25, -0.2) is 21.3 Å². The first-order valence-electron chi connectivity index (χ1n) is 6.52. The van der Waals surface area contributed by atoms with E-state index in [1.165, 1.54) is 0 Å². The number of rotatable bonds is 6. The third-order valence-corrected chi connectivity index (χ3v) is 1.74. The van der Waals surface area contributed by atoms with Gasteiger partial charge in [0.1, 0.15) is 0 Å². The van der Waals surface area contributed by atoms with Gasteiger partial charge in [-0.2, -0.15) is 0 Å². The van der Waals surface area contributed by atoms with Gasteiger partial charge >= 0.3 is 12.1 Å². The van der Waals surface area contributed by atoms with E-state index in [-0.39, 0.29) is 26.4 Å². The van der Waals surface area contributed by atoms with Gasteiger partial charge in [0.2, 0.25) is 0 Å². The van der Waals surface area contributed by atoms with E-state index in [9.17, 15) is 9.59 Å². The lowest BCUT2D eigenvalue weighted by atomic mass is 10.4. The highest BCUT2D eigenvalue weighted by Crippen LogP contribution is 1.80. The summed E-state index contributed by atoms with van der Waals surface area (Å²) in [6, 6.07) is 10.2. The van der Waals surface area contributed by atoms with Gasteiger partial charge < -0.3 is 21.7 Å². The third-order valence-electron chi connectivity index (χ3n) is 1.74. The van der Waals surface area contributed by atoms with Crippen molar-refractivity contribution in [3.05, 3.63) is 36.4 Å². The number of carbonyl (C=O) groups excluding carboxylic acids is 2. The highest BCUT2D eigenvalue weighted by atomic mass is 16.7. The molecule has 1 aromatic carbocycles. The zero-order valence-corrected chi connectivity index (χ0v) is 13.0. The molecule has 138 valence electrons. The molecule has 0 fully saturated rings. The predicted octanol–water partition coefficient (Wildman–Crippen LogP) is -1.98. The molecular formula is C12H24N6O6. The van der Waals surface area contributed by atoms with Gasteiger partial charge in [-0.15, -0.1) is 10.3 Å². The van der Waals surface area contributed by atoms with E-state index in [0.717, 1.165) is 0 Å². The molecule has 4 amide bonds. The topological polar surface area (TPSA) is 204 Å². The van der Waals surface area contributed by atoms with Crippen LogP contribution in [0.5, 0.6) is 0 Å². The van der Waals surface area contributed by atoms with E-state index < -0.39 is 12.1 Å². The van der Waals surface area contributed by atoms with Gasteiger partial charge in [-0.3, -0.25) is 9.68 Å². The number of hydrazine groups is 2. The Morgan fingerprint density at radius 1 is 0.750 bits per heavy atom. The van der Waals surface area contributed by atoms with Crippen molar-refractivity contribution in [2.45, 2.75) is 0 Å². The highest BCUT2D eigenvalue weighted by Gasteiger charge is 2.02. The molecule has 0 aliphatic rings. The maximum absolute atomic E-state index is 10.0. The summed E-state index contributed by atoms with van der Waals surface area (Å²) in [6.45, 7) is -0.499. The van der Waals surface area contributed by atoms with E-state index in [4.69, 9.17) is 21.9 Å². The first-order chi connectivity index (χ1) is 11.4. The number of hydrogen-bond donors (Lipinski definition) is 6. The lowest BCUT2D eigenvalue weighted by Gasteiger charge is -2.10. The Bertz CT molecular complexity index is 373. The smallest absolute Gasteiger partial charge is 0.353 e. The minimum atomic E-state index is -0.900. The summed E-state index contributed by atoms with van der Waals surface area (Å²) in [5, 5.41) is 17.0. The monoisotopic (exact) mass is 348 g/mol. The van der Waals surface area contributed by atoms with Gasteiger partial charge in [-0.05, 0) is 0 Å². The molecule has 0 aliphatic carbocycles. The van der Waals surface area contributed by atoms with Gasteiger partial charge in [0.05, 0.1) is 26.4 Å². The Hall–Kier alpha value is -2.48. The minimum absolute atomic E-state index is 0.0422. The average Bonchev–Trinajstić information content (AvgIpc) is 2.59. The molecule has 0 spiro atoms. The molecule has 0 atom stereocenters. The zero-order valence-electron chi connectivity index (χ0n) is 13.0. The molecule has 0 heterocycles. The number of urea groups is 2. The van der Waals surface area contributed by atoms with E-state index in [0.29, 0.717) is 10.3 Å². The van der Waals surface area contributed by atoms with Crippen LogP contribution in [0, 0.1) is 0 Å². The maximum Gasteiger partial charge on any atom is 0.353 e. The van der Waals surface area contributed by atoms with Crippen LogP contribution in [0.3, 0.4) is 0 Å². The van der Waals surface area contributed by atoms with Crippen molar-refractivity contribution in [3.8, 4) is 0 Å². The molecule has 0 aromatic heterocycles. The van der Waals surface area contributed by atoms with E-state index in [1.807, 2.05) is 36.4 Å². The molecule has 12 nitrogen and oxygen atoms in total. The number of nitrogens with two attached hydrogens (primary N) is 4. The average molecular weight is 348 g/mol. The van der Waals surface area contributed by atoms with Gasteiger partial charge in [0.15, 0.2) is 0 Å². The number of amides is 4. The van der Waals surface area contributed by atoms with Crippen molar-refractivity contribution in [1.29, 1.82) is 0 Å². The Morgan fingerprint density at radius 3 is 1.17 bits per heavy atom. The summed E-state index contributed by atoms with van der Waals surface area (Å²) in [4.78, 5) is 28.7. The first kappa shape index (κ1) is 23.8. The van der Waals surface area contributed by atoms with Crippen molar-refractivity contribution >= 4 is 12.1 Å². The zero-order chi connectivity index (χ0) is 18.8. The summed E-state index contributed by atoms with van der Waals surface area (Å²) < 4.78 is 0. The highest BCUT2D eigenvalue weighted by molar-refractivity contribution is 5.70. The minimum Gasteiger partial charge on any atom is -0.394 e. The first-order valence-corrected chi connectivity index (χ1v) is 6.52. The van der Waals surface area contributed by atoms with Crippen molar-refractivity contribution in [2.75, 3.05) is 26.4 Å². The fraction of sp³-hybridized carbons (Fsp3) is 0.333. The van der Waals surface area contributed by atoms with Crippen molar-refractivity contribution < 1.29 is 29.5 Å². The molecule has 1 aromatic rings. The standard InChI is InChI=1S/C6H6.2C3H9N3O3/c1-2-4-6-5-3-1;2*4-3(8)6(5)9-2-1-7/h1-6H;2*7H,1-2,5H2,(H2,4,8). The molecule has 10 N–H and O–H groups in total. The molecule has 0 bridgehead atoms. The second kappa shape index (κ2) is 16.9.